The Kier molecular flexibility index (Phi) is 4.49. The summed E-state index contributed by atoms with van der Waals surface area (Å²) >= 11 is 0. The molecule has 0 aliphatic carbocycles. The second-order valence-corrected chi connectivity index (χ2v) is 7.28. The molecule has 0 aromatic carbocycles. The standard InChI is InChI=1S/C19H23N7O/c1-11-9-26(3)10-16(11)22-19(27)23-17-7-15-14(8-21-17)18(25-24-15)13-4-5-20-12(2)6-13/h4-8,11,16H,9-10H2,1-3H3,(H,24,25)(H2,21,22,23,27)/t11-,16-/m0/s1. The van der Waals surface area contributed by atoms with Gasteiger partial charge in [-0.05, 0) is 32.0 Å². The van der Waals surface area contributed by atoms with Crippen LogP contribution in [0.3, 0.4) is 0 Å². The fourth-order valence-corrected chi connectivity index (χ4v) is 3.61. The Morgan fingerprint density at radius 1 is 1.30 bits per heavy atom. The lowest BCUT2D eigenvalue weighted by Crippen LogP contribution is -2.42. The maximum absolute atomic E-state index is 12.3. The largest absolute Gasteiger partial charge is 0.333 e. The van der Waals surface area contributed by atoms with Crippen LogP contribution in [-0.4, -0.2) is 57.3 Å². The van der Waals surface area contributed by atoms with E-state index in [4.69, 9.17) is 0 Å². The highest BCUT2D eigenvalue weighted by atomic mass is 16.2. The molecule has 0 radical (unpaired) electrons. The van der Waals surface area contributed by atoms with Crippen molar-refractivity contribution in [1.82, 2.24) is 30.4 Å². The van der Waals surface area contributed by atoms with Gasteiger partial charge in [0.1, 0.15) is 11.5 Å². The molecule has 3 aromatic rings. The number of hydrogen-bond donors (Lipinski definition) is 3. The Bertz CT molecular complexity index is 983. The molecule has 0 saturated carbocycles. The van der Waals surface area contributed by atoms with Gasteiger partial charge in [0, 0.05) is 54.2 Å². The molecule has 3 N–H and O–H groups in total. The summed E-state index contributed by atoms with van der Waals surface area (Å²) in [4.78, 5) is 23.1. The molecular formula is C19H23N7O. The molecule has 0 unspecified atom stereocenters. The molecule has 2 atom stereocenters. The number of aromatic nitrogens is 4. The van der Waals surface area contributed by atoms with Crippen LogP contribution in [0.4, 0.5) is 10.6 Å². The van der Waals surface area contributed by atoms with Gasteiger partial charge in [-0.15, -0.1) is 0 Å². The molecule has 140 valence electrons. The zero-order chi connectivity index (χ0) is 19.0. The van der Waals surface area contributed by atoms with Crippen molar-refractivity contribution < 1.29 is 4.79 Å². The maximum atomic E-state index is 12.3. The summed E-state index contributed by atoms with van der Waals surface area (Å²) in [6.07, 6.45) is 3.49. The number of pyridine rings is 2. The van der Waals surface area contributed by atoms with Crippen molar-refractivity contribution in [2.24, 2.45) is 5.92 Å². The number of hydrogen-bond acceptors (Lipinski definition) is 5. The second-order valence-electron chi connectivity index (χ2n) is 7.28. The molecule has 1 aliphatic rings. The van der Waals surface area contributed by atoms with Gasteiger partial charge in [-0.1, -0.05) is 6.92 Å². The molecule has 2 amide bonds. The van der Waals surface area contributed by atoms with E-state index in [9.17, 15) is 4.79 Å². The lowest BCUT2D eigenvalue weighted by molar-refractivity contribution is 0.246. The predicted octanol–water partition coefficient (Wildman–Crippen LogP) is 2.40. The fraction of sp³-hybridized carbons (Fsp3) is 0.368. The first kappa shape index (κ1) is 17.4. The summed E-state index contributed by atoms with van der Waals surface area (Å²) < 4.78 is 0. The number of carbonyl (C=O) groups is 1. The number of anilines is 1. The van der Waals surface area contributed by atoms with Crippen molar-refractivity contribution in [2.75, 3.05) is 25.5 Å². The SMILES string of the molecule is Cc1cc(-c2n[nH]c3cc(NC(=O)N[C@H]4CN(C)C[C@@H]4C)ncc23)ccn1. The van der Waals surface area contributed by atoms with E-state index in [1.807, 2.05) is 19.1 Å². The highest BCUT2D eigenvalue weighted by Crippen LogP contribution is 2.27. The third kappa shape index (κ3) is 3.61. The molecule has 1 aliphatic heterocycles. The Balaban J connectivity index is 1.50. The first-order valence-corrected chi connectivity index (χ1v) is 9.03. The van der Waals surface area contributed by atoms with Crippen LogP contribution >= 0.6 is 0 Å². The molecule has 8 nitrogen and oxygen atoms in total. The van der Waals surface area contributed by atoms with Crippen molar-refractivity contribution in [1.29, 1.82) is 0 Å². The molecule has 1 saturated heterocycles. The molecule has 3 aromatic heterocycles. The number of urea groups is 1. The van der Waals surface area contributed by atoms with E-state index in [0.717, 1.165) is 40.9 Å². The van der Waals surface area contributed by atoms with E-state index in [1.54, 1.807) is 18.5 Å². The van der Waals surface area contributed by atoms with Crippen LogP contribution in [0.5, 0.6) is 0 Å². The molecule has 4 heterocycles. The number of likely N-dealkylation sites (N-methyl/N-ethyl adjacent to an activating group) is 1. The third-order valence-electron chi connectivity index (χ3n) is 4.97. The van der Waals surface area contributed by atoms with E-state index >= 15 is 0 Å². The smallest absolute Gasteiger partial charge is 0.320 e. The summed E-state index contributed by atoms with van der Waals surface area (Å²) in [6, 6.07) is 5.60. The van der Waals surface area contributed by atoms with Crippen LogP contribution in [0.15, 0.2) is 30.6 Å². The van der Waals surface area contributed by atoms with Crippen LogP contribution in [0, 0.1) is 12.8 Å². The van der Waals surface area contributed by atoms with Gasteiger partial charge in [0.2, 0.25) is 0 Å². The fourth-order valence-electron chi connectivity index (χ4n) is 3.61. The lowest BCUT2D eigenvalue weighted by atomic mass is 10.1. The van der Waals surface area contributed by atoms with Gasteiger partial charge in [0.15, 0.2) is 0 Å². The molecule has 0 spiro atoms. The predicted molar refractivity (Wildman–Crippen MR) is 104 cm³/mol. The average molecular weight is 365 g/mol. The third-order valence-corrected chi connectivity index (χ3v) is 4.97. The number of nitrogens with zero attached hydrogens (tertiary/aromatic N) is 4. The first-order chi connectivity index (χ1) is 13.0. The van der Waals surface area contributed by atoms with Crippen molar-refractivity contribution in [2.45, 2.75) is 19.9 Å². The minimum Gasteiger partial charge on any atom is -0.333 e. The zero-order valence-corrected chi connectivity index (χ0v) is 15.7. The van der Waals surface area contributed by atoms with E-state index in [2.05, 4.69) is 49.7 Å². The van der Waals surface area contributed by atoms with Gasteiger partial charge < -0.3 is 10.2 Å². The Morgan fingerprint density at radius 3 is 2.89 bits per heavy atom. The summed E-state index contributed by atoms with van der Waals surface area (Å²) in [6.45, 7) is 5.93. The topological polar surface area (TPSA) is 98.8 Å². The van der Waals surface area contributed by atoms with Crippen molar-refractivity contribution in [3.8, 4) is 11.3 Å². The minimum atomic E-state index is -0.238. The molecule has 0 bridgehead atoms. The van der Waals surface area contributed by atoms with Gasteiger partial charge in [-0.2, -0.15) is 5.10 Å². The lowest BCUT2D eigenvalue weighted by Gasteiger charge is -2.16. The zero-order valence-electron chi connectivity index (χ0n) is 15.7. The van der Waals surface area contributed by atoms with E-state index in [1.165, 1.54) is 0 Å². The normalized spacial score (nSPS) is 20.1. The van der Waals surface area contributed by atoms with Gasteiger partial charge >= 0.3 is 6.03 Å². The highest BCUT2D eigenvalue weighted by Gasteiger charge is 2.28. The van der Waals surface area contributed by atoms with Crippen LogP contribution in [0.1, 0.15) is 12.6 Å². The quantitative estimate of drug-likeness (QED) is 0.662. The van der Waals surface area contributed by atoms with Gasteiger partial charge in [0.25, 0.3) is 0 Å². The van der Waals surface area contributed by atoms with Crippen LogP contribution in [-0.2, 0) is 0 Å². The number of rotatable bonds is 3. The molecule has 8 heteroatoms. The number of likely N-dealkylation sites (tertiary alicyclic amines) is 1. The average Bonchev–Trinajstić information content (AvgIpc) is 3.17. The van der Waals surface area contributed by atoms with E-state index in [0.29, 0.717) is 11.7 Å². The maximum Gasteiger partial charge on any atom is 0.320 e. The Labute approximate surface area is 157 Å². The number of nitrogens with one attached hydrogen (secondary N) is 3. The Morgan fingerprint density at radius 2 is 2.15 bits per heavy atom. The number of fused-ring (bicyclic) bond motifs is 1. The van der Waals surface area contributed by atoms with Gasteiger partial charge in [-0.25, -0.2) is 9.78 Å². The van der Waals surface area contributed by atoms with Crippen LogP contribution in [0.25, 0.3) is 22.2 Å². The van der Waals surface area contributed by atoms with Crippen LogP contribution in [0.2, 0.25) is 0 Å². The van der Waals surface area contributed by atoms with Crippen molar-refractivity contribution in [3.05, 3.63) is 36.3 Å². The van der Waals surface area contributed by atoms with E-state index < -0.39 is 0 Å². The van der Waals surface area contributed by atoms with Crippen LogP contribution < -0.4 is 10.6 Å². The first-order valence-electron chi connectivity index (χ1n) is 9.03. The van der Waals surface area contributed by atoms with Crippen molar-refractivity contribution >= 4 is 22.8 Å². The molecular weight excluding hydrogens is 342 g/mol. The highest BCUT2D eigenvalue weighted by molar-refractivity contribution is 5.95. The monoisotopic (exact) mass is 365 g/mol. The summed E-state index contributed by atoms with van der Waals surface area (Å²) in [5, 5.41) is 14.2. The second kappa shape index (κ2) is 6.96. The summed E-state index contributed by atoms with van der Waals surface area (Å²) in [5.74, 6) is 0.912. The minimum absolute atomic E-state index is 0.146. The summed E-state index contributed by atoms with van der Waals surface area (Å²) in [7, 11) is 2.06. The Hall–Kier alpha value is -3.00. The number of aryl methyl sites for hydroxylation is 1. The van der Waals surface area contributed by atoms with E-state index in [-0.39, 0.29) is 12.1 Å². The van der Waals surface area contributed by atoms with Gasteiger partial charge in [-0.3, -0.25) is 15.4 Å². The number of carbonyl (C=O) groups excluding carboxylic acids is 1. The molecule has 27 heavy (non-hydrogen) atoms. The molecule has 4 rings (SSSR count). The number of amides is 2. The number of H-pyrrole nitrogens is 1. The van der Waals surface area contributed by atoms with Crippen molar-refractivity contribution in [3.63, 3.8) is 0 Å². The number of aromatic amines is 1. The molecule has 1 fully saturated rings. The van der Waals surface area contributed by atoms with Gasteiger partial charge in [0.05, 0.1) is 5.52 Å². The summed E-state index contributed by atoms with van der Waals surface area (Å²) in [5.41, 5.74) is 3.55.